The molecule has 1 spiro atoms. The summed E-state index contributed by atoms with van der Waals surface area (Å²) in [6, 6.07) is 4.85. The number of rotatable bonds is 4. The van der Waals surface area contributed by atoms with Crippen molar-refractivity contribution in [3.63, 3.8) is 0 Å². The van der Waals surface area contributed by atoms with Gasteiger partial charge in [-0.3, -0.25) is 4.90 Å². The van der Waals surface area contributed by atoms with Crippen LogP contribution in [0.2, 0.25) is 0 Å². The van der Waals surface area contributed by atoms with E-state index < -0.39 is 0 Å². The minimum absolute atomic E-state index is 0.0544. The number of ether oxygens (including phenoxy) is 3. The van der Waals surface area contributed by atoms with Crippen LogP contribution in [0.5, 0.6) is 11.5 Å². The second-order valence-electron chi connectivity index (χ2n) is 8.76. The van der Waals surface area contributed by atoms with Crippen LogP contribution in [-0.4, -0.2) is 44.4 Å². The van der Waals surface area contributed by atoms with Gasteiger partial charge in [-0.15, -0.1) is 0 Å². The first-order chi connectivity index (χ1) is 13.3. The van der Waals surface area contributed by atoms with E-state index >= 15 is 0 Å². The SMILES string of the molecule is COC1=CC=C2C3Cc4ccc(OC)c5c4[C@]2(CCN3CC2CCC2)C1O5. The minimum atomic E-state index is -0.0711. The Balaban J connectivity index is 1.52. The van der Waals surface area contributed by atoms with Gasteiger partial charge in [0.1, 0.15) is 5.76 Å². The molecule has 2 aliphatic heterocycles. The molecule has 2 fully saturated rings. The van der Waals surface area contributed by atoms with Crippen LogP contribution < -0.4 is 9.47 Å². The van der Waals surface area contributed by atoms with Crippen LogP contribution >= 0.6 is 0 Å². The van der Waals surface area contributed by atoms with Gasteiger partial charge in [0.05, 0.1) is 19.6 Å². The fourth-order valence-electron chi connectivity index (χ4n) is 6.22. The molecule has 1 saturated heterocycles. The first-order valence-corrected chi connectivity index (χ1v) is 10.3. The maximum absolute atomic E-state index is 6.58. The van der Waals surface area contributed by atoms with Crippen molar-refractivity contribution < 1.29 is 14.2 Å². The molecule has 0 aromatic heterocycles. The van der Waals surface area contributed by atoms with Crippen LogP contribution in [0, 0.1) is 5.92 Å². The van der Waals surface area contributed by atoms with E-state index in [0.29, 0.717) is 6.04 Å². The number of hydrogen-bond acceptors (Lipinski definition) is 4. The maximum Gasteiger partial charge on any atom is 0.169 e. The summed E-state index contributed by atoms with van der Waals surface area (Å²) in [5, 5.41) is 0. The Morgan fingerprint density at radius 1 is 1.19 bits per heavy atom. The fourth-order valence-corrected chi connectivity index (χ4v) is 6.22. The number of hydrogen-bond donors (Lipinski definition) is 0. The van der Waals surface area contributed by atoms with E-state index in [2.05, 4.69) is 29.2 Å². The third-order valence-corrected chi connectivity index (χ3v) is 7.72. The standard InChI is InChI=1S/C23H27NO3/c1-25-18-8-6-15-12-17-16-7-9-19(26-2)22-23(16,20(15)21(18)27-22)10-11-24(17)13-14-4-3-5-14/h6-9,14,17,22H,3-5,10-13H2,1-2H3/t17?,22?,23-/m1/s1. The quantitative estimate of drug-likeness (QED) is 0.816. The normalized spacial score (nSPS) is 33.4. The number of allylic oxidation sites excluding steroid dienone is 2. The van der Waals surface area contributed by atoms with Gasteiger partial charge in [-0.25, -0.2) is 0 Å². The van der Waals surface area contributed by atoms with E-state index in [4.69, 9.17) is 14.2 Å². The Morgan fingerprint density at radius 2 is 2.07 bits per heavy atom. The van der Waals surface area contributed by atoms with E-state index in [9.17, 15) is 0 Å². The van der Waals surface area contributed by atoms with Crippen molar-refractivity contribution in [2.45, 2.75) is 49.7 Å². The Bertz CT molecular complexity index is 869. The molecule has 0 N–H and O–H groups in total. The monoisotopic (exact) mass is 365 g/mol. The smallest absolute Gasteiger partial charge is 0.169 e. The highest BCUT2D eigenvalue weighted by Gasteiger charge is 2.62. The summed E-state index contributed by atoms with van der Waals surface area (Å²) in [5.41, 5.74) is 4.28. The van der Waals surface area contributed by atoms with Gasteiger partial charge in [-0.05, 0) is 54.9 Å². The van der Waals surface area contributed by atoms with Crippen molar-refractivity contribution in [1.82, 2.24) is 4.90 Å². The first-order valence-electron chi connectivity index (χ1n) is 10.3. The summed E-state index contributed by atoms with van der Waals surface area (Å²) in [7, 11) is 3.50. The predicted octanol–water partition coefficient (Wildman–Crippen LogP) is 3.59. The lowest BCUT2D eigenvalue weighted by Gasteiger charge is -2.54. The average molecular weight is 365 g/mol. The zero-order chi connectivity index (χ0) is 18.2. The van der Waals surface area contributed by atoms with E-state index in [1.165, 1.54) is 36.9 Å². The fraction of sp³-hybridized carbons (Fsp3) is 0.565. The van der Waals surface area contributed by atoms with Gasteiger partial charge < -0.3 is 14.2 Å². The molecule has 1 aromatic rings. The second-order valence-corrected chi connectivity index (χ2v) is 8.76. The predicted molar refractivity (Wildman–Crippen MR) is 103 cm³/mol. The van der Waals surface area contributed by atoms with E-state index in [1.54, 1.807) is 19.8 Å². The first kappa shape index (κ1) is 16.1. The third-order valence-electron chi connectivity index (χ3n) is 7.72. The van der Waals surface area contributed by atoms with Crippen LogP contribution in [0.15, 0.2) is 35.6 Å². The summed E-state index contributed by atoms with van der Waals surface area (Å²) in [4.78, 5) is 2.76. The van der Waals surface area contributed by atoms with Crippen molar-refractivity contribution in [2.24, 2.45) is 5.92 Å². The van der Waals surface area contributed by atoms with Gasteiger partial charge in [0.25, 0.3) is 0 Å². The number of methoxy groups -OCH3 is 2. The molecule has 1 aromatic carbocycles. The molecule has 142 valence electrons. The van der Waals surface area contributed by atoms with Gasteiger partial charge in [-0.1, -0.05) is 18.6 Å². The van der Waals surface area contributed by atoms with Crippen molar-refractivity contribution in [3.8, 4) is 11.5 Å². The molecule has 0 amide bonds. The van der Waals surface area contributed by atoms with Crippen LogP contribution in [0.25, 0.3) is 0 Å². The molecule has 6 rings (SSSR count). The largest absolute Gasteiger partial charge is 0.497 e. The average Bonchev–Trinajstić information content (AvgIpc) is 3.00. The number of likely N-dealkylation sites (tertiary alicyclic amines) is 1. The van der Waals surface area contributed by atoms with Crippen molar-refractivity contribution >= 4 is 0 Å². The maximum atomic E-state index is 6.58. The molecule has 2 bridgehead atoms. The molecule has 2 heterocycles. The van der Waals surface area contributed by atoms with E-state index in [0.717, 1.165) is 42.6 Å². The van der Waals surface area contributed by atoms with Crippen molar-refractivity contribution in [1.29, 1.82) is 0 Å². The topological polar surface area (TPSA) is 30.9 Å². The van der Waals surface area contributed by atoms with E-state index in [1.807, 2.05) is 0 Å². The summed E-state index contributed by atoms with van der Waals surface area (Å²) in [5.74, 6) is 3.64. The molecule has 0 radical (unpaired) electrons. The molecular weight excluding hydrogens is 338 g/mol. The molecule has 4 nitrogen and oxygen atoms in total. The van der Waals surface area contributed by atoms with Crippen LogP contribution in [0.3, 0.4) is 0 Å². The number of nitrogens with zero attached hydrogens (tertiary/aromatic N) is 1. The number of piperidine rings is 1. The highest BCUT2D eigenvalue weighted by molar-refractivity contribution is 5.67. The van der Waals surface area contributed by atoms with Gasteiger partial charge in [0.2, 0.25) is 0 Å². The summed E-state index contributed by atoms with van der Waals surface area (Å²) >= 11 is 0. The summed E-state index contributed by atoms with van der Waals surface area (Å²) < 4.78 is 18.0. The van der Waals surface area contributed by atoms with Crippen LogP contribution in [0.1, 0.15) is 36.8 Å². The molecule has 2 unspecified atom stereocenters. The Hall–Kier alpha value is -1.94. The van der Waals surface area contributed by atoms with E-state index in [-0.39, 0.29) is 11.5 Å². The van der Waals surface area contributed by atoms with Gasteiger partial charge in [-0.2, -0.15) is 0 Å². The lowest BCUT2D eigenvalue weighted by atomic mass is 9.57. The molecule has 4 heteroatoms. The molecular formula is C23H27NO3. The van der Waals surface area contributed by atoms with Crippen LogP contribution in [0.4, 0.5) is 0 Å². The van der Waals surface area contributed by atoms with Gasteiger partial charge in [0.15, 0.2) is 17.6 Å². The highest BCUT2D eigenvalue weighted by atomic mass is 16.6. The number of benzene rings is 1. The Morgan fingerprint density at radius 3 is 2.81 bits per heavy atom. The highest BCUT2D eigenvalue weighted by Crippen LogP contribution is 2.62. The summed E-state index contributed by atoms with van der Waals surface area (Å²) in [6.07, 6.45) is 10.8. The minimum Gasteiger partial charge on any atom is -0.497 e. The lowest BCUT2D eigenvalue weighted by molar-refractivity contribution is 0.0506. The van der Waals surface area contributed by atoms with Gasteiger partial charge in [0, 0.05) is 24.7 Å². The van der Waals surface area contributed by atoms with Crippen LogP contribution in [-0.2, 0) is 16.6 Å². The molecule has 5 aliphatic rings. The lowest BCUT2D eigenvalue weighted by Crippen LogP contribution is -2.60. The second kappa shape index (κ2) is 5.54. The van der Waals surface area contributed by atoms with Gasteiger partial charge >= 0.3 is 0 Å². The van der Waals surface area contributed by atoms with Crippen molar-refractivity contribution in [2.75, 3.05) is 27.3 Å². The Labute approximate surface area is 160 Å². The Kier molecular flexibility index (Phi) is 3.29. The summed E-state index contributed by atoms with van der Waals surface area (Å²) in [6.45, 7) is 2.40. The molecule has 1 saturated carbocycles. The zero-order valence-electron chi connectivity index (χ0n) is 16.2. The molecule has 3 atom stereocenters. The molecule has 27 heavy (non-hydrogen) atoms. The molecule has 3 aliphatic carbocycles. The third kappa shape index (κ3) is 1.92. The zero-order valence-corrected chi connectivity index (χ0v) is 16.2. The van der Waals surface area contributed by atoms with Crippen molar-refractivity contribution in [3.05, 3.63) is 46.7 Å².